The minimum atomic E-state index is -0.810. The molecule has 5 heteroatoms. The summed E-state index contributed by atoms with van der Waals surface area (Å²) in [4.78, 5) is 11.7. The molecule has 0 aliphatic heterocycles. The Labute approximate surface area is 99.0 Å². The molecule has 1 aromatic carbocycles. The van der Waals surface area contributed by atoms with E-state index in [1.807, 2.05) is 13.8 Å². The molecule has 2 atom stereocenters. The summed E-state index contributed by atoms with van der Waals surface area (Å²) in [6, 6.07) is 2.26. The maximum Gasteiger partial charge on any atom is 0.241 e. The van der Waals surface area contributed by atoms with Gasteiger partial charge in [0, 0.05) is 6.07 Å². The Morgan fingerprint density at radius 1 is 1.47 bits per heavy atom. The number of amides is 1. The maximum absolute atomic E-state index is 13.3. The van der Waals surface area contributed by atoms with Crippen molar-refractivity contribution < 1.29 is 13.6 Å². The first kappa shape index (κ1) is 13.6. The molecule has 17 heavy (non-hydrogen) atoms. The fraction of sp³-hybridized carbons (Fsp3) is 0.417. The molecule has 0 bridgehead atoms. The number of rotatable bonds is 4. The molecule has 0 aliphatic carbocycles. The molecule has 94 valence electrons. The van der Waals surface area contributed by atoms with Gasteiger partial charge in [-0.15, -0.1) is 0 Å². The molecular weight excluding hydrogens is 226 g/mol. The van der Waals surface area contributed by atoms with Crippen LogP contribution in [0.3, 0.4) is 0 Å². The molecule has 1 rings (SSSR count). The van der Waals surface area contributed by atoms with Crippen molar-refractivity contribution in [2.45, 2.75) is 26.3 Å². The van der Waals surface area contributed by atoms with E-state index >= 15 is 0 Å². The zero-order chi connectivity index (χ0) is 13.0. The number of carbonyl (C=O) groups excluding carboxylic acids is 1. The van der Waals surface area contributed by atoms with Crippen molar-refractivity contribution in [1.29, 1.82) is 0 Å². The Kier molecular flexibility index (Phi) is 4.57. The van der Waals surface area contributed by atoms with Crippen LogP contribution in [0.2, 0.25) is 0 Å². The molecule has 3 nitrogen and oxygen atoms in total. The number of benzene rings is 1. The van der Waals surface area contributed by atoms with Gasteiger partial charge in [0.25, 0.3) is 0 Å². The molecule has 0 aromatic heterocycles. The van der Waals surface area contributed by atoms with Crippen molar-refractivity contribution in [2.75, 3.05) is 5.32 Å². The Morgan fingerprint density at radius 3 is 2.65 bits per heavy atom. The van der Waals surface area contributed by atoms with Crippen LogP contribution in [0.4, 0.5) is 14.5 Å². The Hall–Kier alpha value is -1.49. The lowest BCUT2D eigenvalue weighted by molar-refractivity contribution is -0.118. The van der Waals surface area contributed by atoms with Gasteiger partial charge in [-0.1, -0.05) is 20.3 Å². The first-order valence-corrected chi connectivity index (χ1v) is 5.47. The molecule has 0 spiro atoms. The van der Waals surface area contributed by atoms with Crippen LogP contribution in [0.5, 0.6) is 0 Å². The van der Waals surface area contributed by atoms with Crippen LogP contribution in [0.1, 0.15) is 20.3 Å². The second kappa shape index (κ2) is 5.72. The van der Waals surface area contributed by atoms with E-state index < -0.39 is 23.6 Å². The third-order valence-electron chi connectivity index (χ3n) is 2.75. The third kappa shape index (κ3) is 3.49. The minimum Gasteiger partial charge on any atom is -0.322 e. The molecule has 0 heterocycles. The van der Waals surface area contributed by atoms with Crippen molar-refractivity contribution in [3.63, 3.8) is 0 Å². The molecule has 0 saturated carbocycles. The van der Waals surface area contributed by atoms with Crippen LogP contribution in [0.15, 0.2) is 18.2 Å². The number of anilines is 1. The predicted molar refractivity (Wildman–Crippen MR) is 62.4 cm³/mol. The Morgan fingerprint density at radius 2 is 2.12 bits per heavy atom. The fourth-order valence-corrected chi connectivity index (χ4v) is 1.32. The zero-order valence-corrected chi connectivity index (χ0v) is 9.84. The van der Waals surface area contributed by atoms with Crippen LogP contribution in [0.25, 0.3) is 0 Å². The highest BCUT2D eigenvalue weighted by atomic mass is 19.1. The van der Waals surface area contributed by atoms with Crippen LogP contribution in [-0.2, 0) is 4.79 Å². The number of halogens is 2. The highest BCUT2D eigenvalue weighted by molar-refractivity contribution is 5.94. The minimum absolute atomic E-state index is 0.00138. The lowest BCUT2D eigenvalue weighted by Crippen LogP contribution is -2.40. The summed E-state index contributed by atoms with van der Waals surface area (Å²) in [5, 5.41) is 2.35. The summed E-state index contributed by atoms with van der Waals surface area (Å²) < 4.78 is 25.9. The monoisotopic (exact) mass is 242 g/mol. The van der Waals surface area contributed by atoms with Gasteiger partial charge in [0.15, 0.2) is 0 Å². The van der Waals surface area contributed by atoms with E-state index in [2.05, 4.69) is 5.32 Å². The molecule has 2 unspecified atom stereocenters. The van der Waals surface area contributed by atoms with E-state index in [9.17, 15) is 13.6 Å². The van der Waals surface area contributed by atoms with Crippen LogP contribution < -0.4 is 11.1 Å². The van der Waals surface area contributed by atoms with Crippen molar-refractivity contribution >= 4 is 11.6 Å². The number of carbonyl (C=O) groups is 1. The lowest BCUT2D eigenvalue weighted by Gasteiger charge is -2.17. The lowest BCUT2D eigenvalue weighted by atomic mass is 9.99. The zero-order valence-electron chi connectivity index (χ0n) is 9.84. The maximum atomic E-state index is 13.3. The third-order valence-corrected chi connectivity index (χ3v) is 2.75. The van der Waals surface area contributed by atoms with Crippen molar-refractivity contribution in [2.24, 2.45) is 11.7 Å². The summed E-state index contributed by atoms with van der Waals surface area (Å²) in [6.45, 7) is 3.75. The largest absolute Gasteiger partial charge is 0.322 e. The number of hydrogen-bond acceptors (Lipinski definition) is 2. The van der Waals surface area contributed by atoms with Crippen molar-refractivity contribution in [3.8, 4) is 0 Å². The average molecular weight is 242 g/mol. The molecule has 1 amide bonds. The van der Waals surface area contributed by atoms with E-state index in [0.29, 0.717) is 6.07 Å². The molecular formula is C12H16F2N2O. The van der Waals surface area contributed by atoms with E-state index in [1.54, 1.807) is 0 Å². The molecule has 0 saturated heterocycles. The van der Waals surface area contributed by atoms with E-state index in [4.69, 9.17) is 5.73 Å². The van der Waals surface area contributed by atoms with Crippen molar-refractivity contribution in [3.05, 3.63) is 29.8 Å². The second-order valence-electron chi connectivity index (χ2n) is 4.02. The second-order valence-corrected chi connectivity index (χ2v) is 4.02. The number of hydrogen-bond donors (Lipinski definition) is 2. The molecule has 1 aromatic rings. The van der Waals surface area contributed by atoms with Gasteiger partial charge in [-0.2, -0.15) is 0 Å². The fourth-order valence-electron chi connectivity index (χ4n) is 1.32. The first-order valence-electron chi connectivity index (χ1n) is 5.47. The van der Waals surface area contributed by atoms with E-state index in [0.717, 1.165) is 12.5 Å². The average Bonchev–Trinajstić information content (AvgIpc) is 2.30. The van der Waals surface area contributed by atoms with E-state index in [-0.39, 0.29) is 11.6 Å². The molecule has 0 radical (unpaired) electrons. The Bertz CT molecular complexity index is 409. The van der Waals surface area contributed by atoms with Gasteiger partial charge < -0.3 is 11.1 Å². The van der Waals surface area contributed by atoms with Gasteiger partial charge in [-0.05, 0) is 18.1 Å². The van der Waals surface area contributed by atoms with Gasteiger partial charge in [-0.25, -0.2) is 8.78 Å². The highest BCUT2D eigenvalue weighted by Gasteiger charge is 2.20. The number of nitrogens with one attached hydrogen (secondary N) is 1. The van der Waals surface area contributed by atoms with Gasteiger partial charge in [0.05, 0.1) is 11.7 Å². The SMILES string of the molecule is CCC(C)C(N)C(=O)Nc1ccc(F)cc1F. The summed E-state index contributed by atoms with van der Waals surface area (Å²) in [5.41, 5.74) is 5.63. The summed E-state index contributed by atoms with van der Waals surface area (Å²) in [5.74, 6) is -1.97. The number of nitrogens with two attached hydrogens (primary N) is 1. The van der Waals surface area contributed by atoms with E-state index in [1.165, 1.54) is 6.07 Å². The quantitative estimate of drug-likeness (QED) is 0.851. The van der Waals surface area contributed by atoms with Gasteiger partial charge >= 0.3 is 0 Å². The summed E-state index contributed by atoms with van der Waals surface area (Å²) >= 11 is 0. The van der Waals surface area contributed by atoms with Crippen LogP contribution in [-0.4, -0.2) is 11.9 Å². The van der Waals surface area contributed by atoms with Crippen LogP contribution >= 0.6 is 0 Å². The smallest absolute Gasteiger partial charge is 0.241 e. The summed E-state index contributed by atoms with van der Waals surface area (Å²) in [7, 11) is 0. The molecule has 0 aliphatic rings. The molecule has 0 fully saturated rings. The first-order chi connectivity index (χ1) is 7.95. The highest BCUT2D eigenvalue weighted by Crippen LogP contribution is 2.16. The molecule has 3 N–H and O–H groups in total. The van der Waals surface area contributed by atoms with Crippen LogP contribution in [0, 0.1) is 17.6 Å². The standard InChI is InChI=1S/C12H16F2N2O/c1-3-7(2)11(15)12(17)16-10-5-4-8(13)6-9(10)14/h4-7,11H,3,15H2,1-2H3,(H,16,17). The van der Waals surface area contributed by atoms with Gasteiger partial charge in [0.1, 0.15) is 11.6 Å². The Balaban J connectivity index is 2.74. The van der Waals surface area contributed by atoms with Gasteiger partial charge in [-0.3, -0.25) is 4.79 Å². The predicted octanol–water partition coefficient (Wildman–Crippen LogP) is 2.28. The topological polar surface area (TPSA) is 55.1 Å². The normalized spacial score (nSPS) is 14.2. The summed E-state index contributed by atoms with van der Waals surface area (Å²) in [6.07, 6.45) is 0.750. The van der Waals surface area contributed by atoms with Crippen molar-refractivity contribution in [1.82, 2.24) is 0 Å². The van der Waals surface area contributed by atoms with Gasteiger partial charge in [0.2, 0.25) is 5.91 Å².